The monoisotopic (exact) mass is 640 g/mol. The Morgan fingerprint density at radius 1 is 0.791 bits per heavy atom. The van der Waals surface area contributed by atoms with Crippen molar-refractivity contribution in [2.24, 2.45) is 0 Å². The van der Waals surface area contributed by atoms with Crippen molar-refractivity contribution >= 4 is 55.4 Å². The molecule has 16 nitrogen and oxygen atoms in total. The summed E-state index contributed by atoms with van der Waals surface area (Å²) in [6.45, 7) is 3.28. The van der Waals surface area contributed by atoms with Crippen LogP contribution in [0.4, 0.5) is 11.4 Å². The number of nitrogens with zero attached hydrogens (tertiary/aromatic N) is 2. The summed E-state index contributed by atoms with van der Waals surface area (Å²) in [5.41, 5.74) is 1.56. The molecule has 0 aromatic heterocycles. The molecule has 0 aliphatic carbocycles. The third-order valence-corrected chi connectivity index (χ3v) is 8.89. The minimum atomic E-state index is -3.94. The van der Waals surface area contributed by atoms with E-state index in [1.54, 1.807) is 19.1 Å². The Balaban J connectivity index is 0.000000236. The number of phenolic OH excluding ortho intramolecular Hbond substituents is 2. The van der Waals surface area contributed by atoms with E-state index >= 15 is 0 Å². The summed E-state index contributed by atoms with van der Waals surface area (Å²) >= 11 is 0. The highest BCUT2D eigenvalue weighted by atomic mass is 32.2. The van der Waals surface area contributed by atoms with Gasteiger partial charge in [-0.15, -0.1) is 0 Å². The Labute approximate surface area is 248 Å². The van der Waals surface area contributed by atoms with Crippen molar-refractivity contribution in [1.29, 1.82) is 0 Å². The molecule has 0 bridgehead atoms. The Morgan fingerprint density at radius 2 is 1.21 bits per heavy atom. The number of nitrogens with one attached hydrogen (secondary N) is 4. The van der Waals surface area contributed by atoms with E-state index in [1.165, 1.54) is 31.2 Å². The number of aromatic hydroxyl groups is 2. The number of hydrogen-bond acceptors (Lipinski definition) is 10. The zero-order chi connectivity index (χ0) is 31.9. The molecule has 2 aliphatic heterocycles. The van der Waals surface area contributed by atoms with Crippen molar-refractivity contribution in [3.63, 3.8) is 0 Å². The van der Waals surface area contributed by atoms with Gasteiger partial charge < -0.3 is 20.8 Å². The van der Waals surface area contributed by atoms with E-state index in [1.807, 2.05) is 9.44 Å². The first kappa shape index (κ1) is 32.9. The number of benzene rings is 2. The molecule has 6 N–H and O–H groups in total. The summed E-state index contributed by atoms with van der Waals surface area (Å²) in [7, 11) is -7.88. The van der Waals surface area contributed by atoms with Gasteiger partial charge in [0.25, 0.3) is 11.8 Å². The van der Waals surface area contributed by atoms with Gasteiger partial charge in [-0.25, -0.2) is 18.1 Å². The molecular formula is C25H32N6O10S2. The van der Waals surface area contributed by atoms with E-state index in [0.29, 0.717) is 32.4 Å². The van der Waals surface area contributed by atoms with Crippen molar-refractivity contribution in [2.75, 3.05) is 34.8 Å². The van der Waals surface area contributed by atoms with Gasteiger partial charge in [-0.1, -0.05) is 19.1 Å². The fourth-order valence-electron chi connectivity index (χ4n) is 4.05. The summed E-state index contributed by atoms with van der Waals surface area (Å²) in [6, 6.07) is 8.97. The number of amides is 4. The maximum absolute atomic E-state index is 11.7. The maximum atomic E-state index is 11.7. The number of carbonyl (C=O) groups is 4. The van der Waals surface area contributed by atoms with Gasteiger partial charge >= 0.3 is 20.4 Å². The van der Waals surface area contributed by atoms with E-state index in [9.17, 15) is 46.2 Å². The Hall–Kier alpha value is -4.58. The lowest BCUT2D eigenvalue weighted by Gasteiger charge is -2.16. The number of hydrogen-bond donors (Lipinski definition) is 6. The van der Waals surface area contributed by atoms with Crippen LogP contribution in [0, 0.1) is 0 Å². The molecule has 18 heteroatoms. The largest absolute Gasteiger partial charge is 0.506 e. The fourth-order valence-corrected chi connectivity index (χ4v) is 6.37. The lowest BCUT2D eigenvalue weighted by molar-refractivity contribution is -0.121. The lowest BCUT2D eigenvalue weighted by atomic mass is 10.1. The number of anilines is 2. The normalized spacial score (nSPS) is 16.5. The standard InChI is InChI=1S/C13H17N3O5S.C12H15N3O5S/c1-2-12(18)14-6-5-9-3-4-10(11(17)7-9)16-8-13(19)15-22(16,20)21;1-8(16)13-5-4-9-2-3-10(11(17)6-9)15-7-12(18)14-21(15,19)20/h3-4,7,17H,2,5-6,8H2,1H3,(H,14,18)(H,15,19);2-3,6,17H,4-5,7H2,1H3,(H,13,16)(H,14,18). The summed E-state index contributed by atoms with van der Waals surface area (Å²) in [5, 5.41) is 25.3. The zero-order valence-electron chi connectivity index (χ0n) is 23.3. The summed E-state index contributed by atoms with van der Waals surface area (Å²) < 4.78 is 52.1. The molecule has 2 heterocycles. The Morgan fingerprint density at radius 3 is 1.53 bits per heavy atom. The van der Waals surface area contributed by atoms with Crippen LogP contribution in [0.25, 0.3) is 0 Å². The first-order valence-electron chi connectivity index (χ1n) is 12.9. The van der Waals surface area contributed by atoms with Crippen molar-refractivity contribution in [1.82, 2.24) is 20.1 Å². The summed E-state index contributed by atoms with van der Waals surface area (Å²) in [5.74, 6) is -1.98. The minimum absolute atomic E-state index is 0.0385. The quantitative estimate of drug-likeness (QED) is 0.194. The highest BCUT2D eigenvalue weighted by Crippen LogP contribution is 2.32. The number of phenols is 2. The van der Waals surface area contributed by atoms with Crippen molar-refractivity contribution < 1.29 is 46.2 Å². The molecule has 0 radical (unpaired) electrons. The predicted molar refractivity (Wildman–Crippen MR) is 154 cm³/mol. The molecule has 2 aliphatic rings. The highest BCUT2D eigenvalue weighted by Gasteiger charge is 2.36. The Bertz CT molecular complexity index is 1630. The van der Waals surface area contributed by atoms with Gasteiger partial charge in [0.05, 0.1) is 11.4 Å². The molecule has 2 aromatic carbocycles. The molecular weight excluding hydrogens is 608 g/mol. The van der Waals surface area contributed by atoms with Crippen molar-refractivity contribution in [2.45, 2.75) is 33.1 Å². The molecule has 234 valence electrons. The molecule has 0 atom stereocenters. The van der Waals surface area contributed by atoms with Crippen LogP contribution in [0.15, 0.2) is 36.4 Å². The SMILES string of the molecule is CC(=O)NCCc1ccc(N2CC(=O)NS2(=O)=O)c(O)c1.CCC(=O)NCCc1ccc(N2CC(=O)NS2(=O)=O)c(O)c1. The average molecular weight is 641 g/mol. The van der Waals surface area contributed by atoms with Gasteiger partial charge in [0.15, 0.2) is 0 Å². The topological polar surface area (TPSA) is 232 Å². The molecule has 0 unspecified atom stereocenters. The van der Waals surface area contributed by atoms with Crippen LogP contribution >= 0.6 is 0 Å². The lowest BCUT2D eigenvalue weighted by Crippen LogP contribution is -2.29. The third kappa shape index (κ3) is 8.71. The van der Waals surface area contributed by atoms with Crippen LogP contribution in [-0.2, 0) is 52.4 Å². The molecule has 4 amide bonds. The van der Waals surface area contributed by atoms with Crippen molar-refractivity contribution in [3.05, 3.63) is 47.5 Å². The summed E-state index contributed by atoms with van der Waals surface area (Å²) in [4.78, 5) is 44.3. The molecule has 2 fully saturated rings. The second-order valence-corrected chi connectivity index (χ2v) is 12.6. The van der Waals surface area contributed by atoms with Crippen LogP contribution in [0.1, 0.15) is 31.4 Å². The van der Waals surface area contributed by atoms with E-state index in [-0.39, 0.29) is 47.8 Å². The molecule has 0 saturated carbocycles. The second kappa shape index (κ2) is 13.6. The van der Waals surface area contributed by atoms with Gasteiger partial charge in [-0.05, 0) is 48.2 Å². The predicted octanol–water partition coefficient (Wildman–Crippen LogP) is -1.11. The van der Waals surface area contributed by atoms with Crippen molar-refractivity contribution in [3.8, 4) is 11.5 Å². The molecule has 2 saturated heterocycles. The molecule has 4 rings (SSSR count). The van der Waals surface area contributed by atoms with Crippen LogP contribution in [-0.4, -0.2) is 76.9 Å². The van der Waals surface area contributed by atoms with Gasteiger partial charge in [-0.3, -0.25) is 19.2 Å². The van der Waals surface area contributed by atoms with E-state index < -0.39 is 32.2 Å². The summed E-state index contributed by atoms with van der Waals surface area (Å²) in [6.07, 6.45) is 1.40. The van der Waals surface area contributed by atoms with Crippen LogP contribution in [0.3, 0.4) is 0 Å². The Kier molecular flexibility index (Phi) is 10.4. The minimum Gasteiger partial charge on any atom is -0.506 e. The van der Waals surface area contributed by atoms with Crippen LogP contribution in [0.5, 0.6) is 11.5 Å². The molecule has 2 aromatic rings. The fraction of sp³-hybridized carbons (Fsp3) is 0.360. The third-order valence-electron chi connectivity index (χ3n) is 6.10. The molecule has 0 spiro atoms. The number of rotatable bonds is 9. The van der Waals surface area contributed by atoms with Gasteiger partial charge in [-0.2, -0.15) is 16.8 Å². The maximum Gasteiger partial charge on any atom is 0.326 e. The van der Waals surface area contributed by atoms with Gasteiger partial charge in [0.2, 0.25) is 11.8 Å². The van der Waals surface area contributed by atoms with E-state index in [4.69, 9.17) is 0 Å². The second-order valence-electron chi connectivity index (χ2n) is 9.41. The average Bonchev–Trinajstić information content (AvgIpc) is 3.34. The first-order valence-corrected chi connectivity index (χ1v) is 15.8. The van der Waals surface area contributed by atoms with Crippen LogP contribution in [0.2, 0.25) is 0 Å². The smallest absolute Gasteiger partial charge is 0.326 e. The van der Waals surface area contributed by atoms with E-state index in [2.05, 4.69) is 10.6 Å². The molecule has 43 heavy (non-hydrogen) atoms. The van der Waals surface area contributed by atoms with E-state index in [0.717, 1.165) is 19.7 Å². The van der Waals surface area contributed by atoms with Gasteiger partial charge in [0.1, 0.15) is 24.6 Å². The highest BCUT2D eigenvalue weighted by molar-refractivity contribution is 7.92. The number of carbonyl (C=O) groups excluding carboxylic acids is 4. The van der Waals surface area contributed by atoms with Gasteiger partial charge in [0, 0.05) is 26.4 Å². The first-order chi connectivity index (χ1) is 20.1. The van der Waals surface area contributed by atoms with Crippen LogP contribution < -0.4 is 28.7 Å². The zero-order valence-corrected chi connectivity index (χ0v) is 24.9.